The average molecular weight is 284 g/mol. The zero-order valence-electron chi connectivity index (χ0n) is 11.0. The Morgan fingerprint density at radius 2 is 1.76 bits per heavy atom. The van der Waals surface area contributed by atoms with Crippen LogP contribution in [0.3, 0.4) is 0 Å². The number of carboxylic acids is 1. The molecule has 0 aliphatic carbocycles. The van der Waals surface area contributed by atoms with Gasteiger partial charge in [-0.05, 0) is 12.1 Å². The summed E-state index contributed by atoms with van der Waals surface area (Å²) in [5.41, 5.74) is 1.36. The molecule has 0 saturated carbocycles. The van der Waals surface area contributed by atoms with Crippen LogP contribution in [0.5, 0.6) is 11.5 Å². The molecular formula is C16H12O5. The molecule has 0 saturated heterocycles. The topological polar surface area (TPSA) is 72.8 Å². The summed E-state index contributed by atoms with van der Waals surface area (Å²) >= 11 is 0. The monoisotopic (exact) mass is 284 g/mol. The van der Waals surface area contributed by atoms with Crippen molar-refractivity contribution in [3.05, 3.63) is 59.7 Å². The predicted octanol–water partition coefficient (Wildman–Crippen LogP) is 2.20. The third kappa shape index (κ3) is 2.45. The van der Waals surface area contributed by atoms with Crippen LogP contribution >= 0.6 is 0 Å². The molecule has 0 radical (unpaired) electrons. The van der Waals surface area contributed by atoms with E-state index in [2.05, 4.69) is 0 Å². The summed E-state index contributed by atoms with van der Waals surface area (Å²) in [5.74, 6) is -1.15. The molecule has 21 heavy (non-hydrogen) atoms. The van der Waals surface area contributed by atoms with Crippen LogP contribution in [0.2, 0.25) is 0 Å². The van der Waals surface area contributed by atoms with Crippen LogP contribution < -0.4 is 9.47 Å². The zero-order chi connectivity index (χ0) is 14.8. The lowest BCUT2D eigenvalue weighted by Crippen LogP contribution is -2.15. The summed E-state index contributed by atoms with van der Waals surface area (Å²) < 4.78 is 10.5. The lowest BCUT2D eigenvalue weighted by Gasteiger charge is -2.13. The Balaban J connectivity index is 2.01. The Hall–Kier alpha value is -2.82. The van der Waals surface area contributed by atoms with Crippen molar-refractivity contribution in [3.63, 3.8) is 0 Å². The van der Waals surface area contributed by atoms with Gasteiger partial charge in [0.2, 0.25) is 0 Å². The van der Waals surface area contributed by atoms with Crippen molar-refractivity contribution < 1.29 is 24.2 Å². The molecule has 5 heteroatoms. The van der Waals surface area contributed by atoms with Crippen molar-refractivity contribution >= 4 is 11.9 Å². The molecule has 3 rings (SSSR count). The largest absolute Gasteiger partial charge is 0.482 e. The molecular weight excluding hydrogens is 272 g/mol. The summed E-state index contributed by atoms with van der Waals surface area (Å²) in [6.45, 7) is -0.458. The van der Waals surface area contributed by atoms with Crippen molar-refractivity contribution in [2.24, 2.45) is 0 Å². The van der Waals surface area contributed by atoms with Crippen molar-refractivity contribution in [3.8, 4) is 11.5 Å². The van der Waals surface area contributed by atoms with Crippen LogP contribution in [-0.2, 0) is 9.59 Å². The molecule has 5 nitrogen and oxygen atoms in total. The Morgan fingerprint density at radius 3 is 2.52 bits per heavy atom. The van der Waals surface area contributed by atoms with E-state index >= 15 is 0 Å². The minimum atomic E-state index is -1.07. The molecule has 0 spiro atoms. The van der Waals surface area contributed by atoms with Gasteiger partial charge in [0, 0.05) is 11.1 Å². The molecule has 0 bridgehead atoms. The smallest absolute Gasteiger partial charge is 0.341 e. The Labute approximate surface area is 120 Å². The first kappa shape index (κ1) is 13.2. The second-order valence-electron chi connectivity index (χ2n) is 4.61. The number of fused-ring (bicyclic) bond motifs is 1. The first-order valence-electron chi connectivity index (χ1n) is 6.41. The van der Waals surface area contributed by atoms with Gasteiger partial charge in [0.25, 0.3) is 0 Å². The van der Waals surface area contributed by atoms with E-state index in [-0.39, 0.29) is 5.97 Å². The molecule has 1 heterocycles. The molecule has 0 aromatic heterocycles. The van der Waals surface area contributed by atoms with Gasteiger partial charge < -0.3 is 14.6 Å². The maximum atomic E-state index is 12.1. The van der Waals surface area contributed by atoms with Gasteiger partial charge in [-0.2, -0.15) is 0 Å². The highest BCUT2D eigenvalue weighted by molar-refractivity contribution is 5.90. The number of esters is 1. The van der Waals surface area contributed by atoms with Crippen LogP contribution in [0.1, 0.15) is 17.0 Å². The Kier molecular flexibility index (Phi) is 3.31. The molecule has 2 aromatic rings. The summed E-state index contributed by atoms with van der Waals surface area (Å²) in [4.78, 5) is 22.8. The van der Waals surface area contributed by atoms with Crippen molar-refractivity contribution in [1.29, 1.82) is 0 Å². The van der Waals surface area contributed by atoms with E-state index in [1.807, 2.05) is 12.1 Å². The Morgan fingerprint density at radius 1 is 1.10 bits per heavy atom. The number of ether oxygens (including phenoxy) is 2. The number of hydrogen-bond acceptors (Lipinski definition) is 4. The van der Waals surface area contributed by atoms with E-state index in [1.165, 1.54) is 0 Å². The van der Waals surface area contributed by atoms with Gasteiger partial charge in [-0.3, -0.25) is 4.79 Å². The SMILES string of the molecule is O=C(O)COc1ccccc1C1C(=O)Oc2ccccc21. The van der Waals surface area contributed by atoms with Crippen LogP contribution in [0.25, 0.3) is 0 Å². The number of carbonyl (C=O) groups is 2. The van der Waals surface area contributed by atoms with Gasteiger partial charge in [-0.1, -0.05) is 36.4 Å². The summed E-state index contributed by atoms with van der Waals surface area (Å²) in [5, 5.41) is 8.72. The van der Waals surface area contributed by atoms with Gasteiger partial charge in [0.15, 0.2) is 6.61 Å². The van der Waals surface area contributed by atoms with Gasteiger partial charge in [0.05, 0.1) is 0 Å². The van der Waals surface area contributed by atoms with E-state index in [4.69, 9.17) is 14.6 Å². The lowest BCUT2D eigenvalue weighted by molar-refractivity contribution is -0.139. The van der Waals surface area contributed by atoms with Gasteiger partial charge in [0.1, 0.15) is 17.4 Å². The fraction of sp³-hybridized carbons (Fsp3) is 0.125. The highest BCUT2D eigenvalue weighted by Gasteiger charge is 2.35. The fourth-order valence-electron chi connectivity index (χ4n) is 2.39. The number of para-hydroxylation sites is 2. The van der Waals surface area contributed by atoms with E-state index in [9.17, 15) is 9.59 Å². The summed E-state index contributed by atoms with van der Waals surface area (Å²) in [7, 11) is 0. The number of carboxylic acid groups (broad SMARTS) is 1. The quantitative estimate of drug-likeness (QED) is 0.688. The van der Waals surface area contributed by atoms with Crippen LogP contribution in [0.15, 0.2) is 48.5 Å². The first-order valence-corrected chi connectivity index (χ1v) is 6.41. The standard InChI is InChI=1S/C16H12O5/c17-14(18)9-20-12-7-3-1-5-10(12)15-11-6-2-4-8-13(11)21-16(15)19/h1-8,15H,9H2,(H,17,18). The van der Waals surface area contributed by atoms with Gasteiger partial charge >= 0.3 is 11.9 Å². The van der Waals surface area contributed by atoms with Gasteiger partial charge in [-0.25, -0.2) is 4.79 Å². The molecule has 1 N–H and O–H groups in total. The average Bonchev–Trinajstić information content (AvgIpc) is 2.81. The number of rotatable bonds is 4. The van der Waals surface area contributed by atoms with Crippen LogP contribution in [0, 0.1) is 0 Å². The third-order valence-corrected chi connectivity index (χ3v) is 3.26. The number of aliphatic carboxylic acids is 1. The summed E-state index contributed by atoms with van der Waals surface area (Å²) in [6, 6.07) is 14.1. The van der Waals surface area contributed by atoms with Gasteiger partial charge in [-0.15, -0.1) is 0 Å². The molecule has 0 amide bonds. The highest BCUT2D eigenvalue weighted by atomic mass is 16.5. The molecule has 1 atom stereocenters. The van der Waals surface area contributed by atoms with Crippen molar-refractivity contribution in [1.82, 2.24) is 0 Å². The fourth-order valence-corrected chi connectivity index (χ4v) is 2.39. The normalized spacial score (nSPS) is 16.2. The maximum Gasteiger partial charge on any atom is 0.341 e. The zero-order valence-corrected chi connectivity index (χ0v) is 11.0. The first-order chi connectivity index (χ1) is 10.2. The second-order valence-corrected chi connectivity index (χ2v) is 4.61. The summed E-state index contributed by atoms with van der Waals surface area (Å²) in [6.07, 6.45) is 0. The third-order valence-electron chi connectivity index (χ3n) is 3.26. The van der Waals surface area contributed by atoms with E-state index < -0.39 is 18.5 Å². The highest BCUT2D eigenvalue weighted by Crippen LogP contribution is 2.41. The minimum absolute atomic E-state index is 0.374. The van der Waals surface area contributed by atoms with Crippen molar-refractivity contribution in [2.75, 3.05) is 6.61 Å². The number of hydrogen-bond donors (Lipinski definition) is 1. The number of carbonyl (C=O) groups excluding carboxylic acids is 1. The van der Waals surface area contributed by atoms with Crippen molar-refractivity contribution in [2.45, 2.75) is 5.92 Å². The minimum Gasteiger partial charge on any atom is -0.482 e. The molecule has 1 aliphatic heterocycles. The van der Waals surface area contributed by atoms with E-state index in [0.717, 1.165) is 5.56 Å². The molecule has 106 valence electrons. The van der Waals surface area contributed by atoms with E-state index in [1.54, 1.807) is 36.4 Å². The van der Waals surface area contributed by atoms with Crippen LogP contribution in [0.4, 0.5) is 0 Å². The molecule has 0 fully saturated rings. The number of benzene rings is 2. The molecule has 2 aromatic carbocycles. The second kappa shape index (κ2) is 5.28. The predicted molar refractivity (Wildman–Crippen MR) is 73.5 cm³/mol. The maximum absolute atomic E-state index is 12.1. The molecule has 1 unspecified atom stereocenters. The Bertz CT molecular complexity index is 707. The lowest BCUT2D eigenvalue weighted by atomic mass is 9.92. The van der Waals surface area contributed by atoms with E-state index in [0.29, 0.717) is 17.1 Å². The van der Waals surface area contributed by atoms with Crippen LogP contribution in [-0.4, -0.2) is 23.7 Å². The molecule has 1 aliphatic rings.